The molecule has 1 unspecified atom stereocenters. The Morgan fingerprint density at radius 2 is 1.95 bits per heavy atom. The molecule has 0 bridgehead atoms. The predicted octanol–water partition coefficient (Wildman–Crippen LogP) is 0.367. The number of ether oxygens (including phenoxy) is 2. The molecule has 1 amide bonds. The van der Waals surface area contributed by atoms with Crippen molar-refractivity contribution in [2.75, 3.05) is 13.7 Å². The normalized spacial score (nSPS) is 11.5. The summed E-state index contributed by atoms with van der Waals surface area (Å²) in [6, 6.07) is 5.48. The predicted molar refractivity (Wildman–Crippen MR) is 64.8 cm³/mol. The number of carboxylic acid groups (broad SMARTS) is 1. The van der Waals surface area contributed by atoms with Crippen molar-refractivity contribution in [3.8, 4) is 5.75 Å². The lowest BCUT2D eigenvalue weighted by molar-refractivity contribution is -0.140. The van der Waals surface area contributed by atoms with Crippen LogP contribution in [0, 0.1) is 0 Å². The summed E-state index contributed by atoms with van der Waals surface area (Å²) in [5.74, 6) is -0.650. The van der Waals surface area contributed by atoms with Crippen molar-refractivity contribution in [1.29, 1.82) is 0 Å². The molecule has 0 saturated carbocycles. The molecule has 0 aliphatic heterocycles. The Morgan fingerprint density at radius 3 is 2.42 bits per heavy atom. The number of hydrogen-bond donors (Lipinski definition) is 3. The Bertz CT molecular complexity index is 430. The van der Waals surface area contributed by atoms with E-state index in [9.17, 15) is 9.59 Å². The van der Waals surface area contributed by atoms with Crippen LogP contribution in [-0.4, -0.2) is 42.0 Å². The van der Waals surface area contributed by atoms with Gasteiger partial charge in [-0.05, 0) is 17.7 Å². The largest absolute Gasteiger partial charge is 0.497 e. The lowest BCUT2D eigenvalue weighted by Crippen LogP contribution is -2.43. The maximum atomic E-state index is 11.3. The first-order valence-corrected chi connectivity index (χ1v) is 5.46. The second kappa shape index (κ2) is 7.22. The molecule has 0 aliphatic carbocycles. The molecule has 1 rings (SSSR count). The van der Waals surface area contributed by atoms with Gasteiger partial charge in [0.25, 0.3) is 0 Å². The standard InChI is InChI=1S/C12H15NO6/c1-18-9-4-2-8(3-5-9)7-19-12(17)13-10(6-14)11(15)16/h2-5,10,14H,6-7H2,1H3,(H,13,17)(H,15,16). The number of nitrogens with one attached hydrogen (secondary N) is 1. The molecule has 7 nitrogen and oxygen atoms in total. The number of hydrogen-bond acceptors (Lipinski definition) is 5. The van der Waals surface area contributed by atoms with Crippen molar-refractivity contribution in [3.63, 3.8) is 0 Å². The van der Waals surface area contributed by atoms with E-state index in [1.54, 1.807) is 31.4 Å². The molecule has 1 aromatic carbocycles. The number of rotatable bonds is 6. The highest BCUT2D eigenvalue weighted by atomic mass is 16.5. The van der Waals surface area contributed by atoms with E-state index < -0.39 is 24.7 Å². The molecule has 19 heavy (non-hydrogen) atoms. The zero-order valence-electron chi connectivity index (χ0n) is 10.3. The van der Waals surface area contributed by atoms with Crippen LogP contribution in [0.2, 0.25) is 0 Å². The minimum Gasteiger partial charge on any atom is -0.497 e. The Hall–Kier alpha value is -2.28. The van der Waals surface area contributed by atoms with Gasteiger partial charge >= 0.3 is 12.1 Å². The average Bonchev–Trinajstić information content (AvgIpc) is 2.42. The quantitative estimate of drug-likeness (QED) is 0.689. The van der Waals surface area contributed by atoms with E-state index in [1.165, 1.54) is 0 Å². The molecule has 0 heterocycles. The Morgan fingerprint density at radius 1 is 1.32 bits per heavy atom. The molecule has 0 fully saturated rings. The second-order valence-corrected chi connectivity index (χ2v) is 3.64. The average molecular weight is 269 g/mol. The number of carbonyl (C=O) groups is 2. The molecule has 0 saturated heterocycles. The van der Waals surface area contributed by atoms with Gasteiger partial charge in [-0.1, -0.05) is 12.1 Å². The number of aliphatic carboxylic acids is 1. The van der Waals surface area contributed by atoms with Crippen molar-refractivity contribution >= 4 is 12.1 Å². The fourth-order valence-corrected chi connectivity index (χ4v) is 1.24. The fourth-order valence-electron chi connectivity index (χ4n) is 1.24. The number of aliphatic hydroxyl groups excluding tert-OH is 1. The van der Waals surface area contributed by atoms with E-state index in [0.717, 1.165) is 5.56 Å². The fraction of sp³-hybridized carbons (Fsp3) is 0.333. The number of methoxy groups -OCH3 is 1. The highest BCUT2D eigenvalue weighted by Crippen LogP contribution is 2.11. The van der Waals surface area contributed by atoms with Crippen molar-refractivity contribution < 1.29 is 29.3 Å². The summed E-state index contributed by atoms with van der Waals surface area (Å²) < 4.78 is 9.79. The third-order valence-electron chi connectivity index (χ3n) is 2.30. The van der Waals surface area contributed by atoms with Crippen LogP contribution < -0.4 is 10.1 Å². The number of alkyl carbamates (subject to hydrolysis) is 1. The number of amides is 1. The molecular weight excluding hydrogens is 254 g/mol. The van der Waals surface area contributed by atoms with Gasteiger partial charge in [0, 0.05) is 0 Å². The van der Waals surface area contributed by atoms with Gasteiger partial charge in [-0.15, -0.1) is 0 Å². The van der Waals surface area contributed by atoms with Crippen molar-refractivity contribution in [2.45, 2.75) is 12.6 Å². The van der Waals surface area contributed by atoms with E-state index >= 15 is 0 Å². The van der Waals surface area contributed by atoms with Crippen LogP contribution in [0.25, 0.3) is 0 Å². The van der Waals surface area contributed by atoms with Crippen LogP contribution in [0.3, 0.4) is 0 Å². The Balaban J connectivity index is 2.42. The van der Waals surface area contributed by atoms with Crippen LogP contribution >= 0.6 is 0 Å². The number of carbonyl (C=O) groups excluding carboxylic acids is 1. The molecule has 0 spiro atoms. The van der Waals surface area contributed by atoms with E-state index in [-0.39, 0.29) is 6.61 Å². The van der Waals surface area contributed by atoms with Crippen molar-refractivity contribution in [3.05, 3.63) is 29.8 Å². The van der Waals surface area contributed by atoms with E-state index in [4.69, 9.17) is 19.7 Å². The van der Waals surface area contributed by atoms with Gasteiger partial charge in [-0.3, -0.25) is 0 Å². The summed E-state index contributed by atoms with van der Waals surface area (Å²) in [7, 11) is 1.54. The number of carboxylic acids is 1. The maximum Gasteiger partial charge on any atom is 0.408 e. The van der Waals surface area contributed by atoms with Gasteiger partial charge in [0.05, 0.1) is 13.7 Å². The van der Waals surface area contributed by atoms with Gasteiger partial charge in [-0.2, -0.15) is 0 Å². The first-order chi connectivity index (χ1) is 9.06. The van der Waals surface area contributed by atoms with E-state index in [0.29, 0.717) is 5.75 Å². The summed E-state index contributed by atoms with van der Waals surface area (Å²) in [6.45, 7) is -0.708. The van der Waals surface area contributed by atoms with Crippen LogP contribution in [-0.2, 0) is 16.1 Å². The van der Waals surface area contributed by atoms with E-state index in [1.807, 2.05) is 5.32 Å². The van der Waals surface area contributed by atoms with Crippen LogP contribution in [0.15, 0.2) is 24.3 Å². The second-order valence-electron chi connectivity index (χ2n) is 3.64. The van der Waals surface area contributed by atoms with E-state index in [2.05, 4.69) is 0 Å². The summed E-state index contributed by atoms with van der Waals surface area (Å²) >= 11 is 0. The monoisotopic (exact) mass is 269 g/mol. The summed E-state index contributed by atoms with van der Waals surface area (Å²) in [6.07, 6.45) is -0.905. The van der Waals surface area contributed by atoms with Crippen LogP contribution in [0.1, 0.15) is 5.56 Å². The highest BCUT2D eigenvalue weighted by Gasteiger charge is 2.19. The topological polar surface area (TPSA) is 105 Å². The first kappa shape index (κ1) is 14.8. The molecule has 0 radical (unpaired) electrons. The molecule has 1 aromatic rings. The third kappa shape index (κ3) is 4.84. The summed E-state index contributed by atoms with van der Waals surface area (Å²) in [4.78, 5) is 21.8. The summed E-state index contributed by atoms with van der Waals surface area (Å²) in [5, 5.41) is 19.4. The zero-order valence-corrected chi connectivity index (χ0v) is 10.3. The van der Waals surface area contributed by atoms with Gasteiger partial charge in [-0.25, -0.2) is 9.59 Å². The minimum absolute atomic E-state index is 0.00635. The Labute approximate surface area is 109 Å². The highest BCUT2D eigenvalue weighted by molar-refractivity contribution is 5.79. The SMILES string of the molecule is COc1ccc(COC(=O)NC(CO)C(=O)O)cc1. The van der Waals surface area contributed by atoms with Crippen molar-refractivity contribution in [1.82, 2.24) is 5.32 Å². The smallest absolute Gasteiger partial charge is 0.408 e. The molecular formula is C12H15NO6. The van der Waals surface area contributed by atoms with Gasteiger partial charge < -0.3 is 25.0 Å². The molecule has 0 aromatic heterocycles. The number of aliphatic hydroxyl groups is 1. The Kier molecular flexibility index (Phi) is 5.62. The molecule has 104 valence electrons. The van der Waals surface area contributed by atoms with Crippen molar-refractivity contribution in [2.24, 2.45) is 0 Å². The molecule has 1 atom stereocenters. The lowest BCUT2D eigenvalue weighted by Gasteiger charge is -2.12. The third-order valence-corrected chi connectivity index (χ3v) is 2.30. The zero-order chi connectivity index (χ0) is 14.3. The van der Waals surface area contributed by atoms with Gasteiger partial charge in [0.1, 0.15) is 12.4 Å². The lowest BCUT2D eigenvalue weighted by atomic mass is 10.2. The summed E-state index contributed by atoms with van der Waals surface area (Å²) in [5.41, 5.74) is 0.729. The first-order valence-electron chi connectivity index (χ1n) is 5.46. The molecule has 7 heteroatoms. The van der Waals surface area contributed by atoms with Gasteiger partial charge in [0.2, 0.25) is 0 Å². The molecule has 0 aliphatic rings. The maximum absolute atomic E-state index is 11.3. The van der Waals surface area contributed by atoms with Crippen LogP contribution in [0.5, 0.6) is 5.75 Å². The van der Waals surface area contributed by atoms with Gasteiger partial charge in [0.15, 0.2) is 6.04 Å². The number of benzene rings is 1. The minimum atomic E-state index is -1.37. The van der Waals surface area contributed by atoms with Crippen LogP contribution in [0.4, 0.5) is 4.79 Å². The molecule has 3 N–H and O–H groups in total.